The number of nitrogens with zero attached hydrogens (tertiary/aromatic N) is 2. The van der Waals surface area contributed by atoms with E-state index >= 15 is 0 Å². The molecule has 0 saturated carbocycles. The number of para-hydroxylation sites is 1. The molecule has 2 rings (SSSR count). The Kier molecular flexibility index (Phi) is 5.14. The highest BCUT2D eigenvalue weighted by atomic mass is 19.1. The first-order valence-electron chi connectivity index (χ1n) is 7.04. The maximum atomic E-state index is 13.4. The van der Waals surface area contributed by atoms with Crippen LogP contribution in [0.3, 0.4) is 0 Å². The van der Waals surface area contributed by atoms with E-state index in [2.05, 4.69) is 0 Å². The van der Waals surface area contributed by atoms with E-state index in [9.17, 15) is 14.0 Å². The molecule has 0 unspecified atom stereocenters. The topological polar surface area (TPSA) is 49.9 Å². The third-order valence-electron chi connectivity index (χ3n) is 3.48. The second-order valence-corrected chi connectivity index (χ2v) is 4.83. The number of benzene rings is 1. The van der Waals surface area contributed by atoms with Crippen LogP contribution in [-0.4, -0.2) is 54.4 Å². The fourth-order valence-corrected chi connectivity index (χ4v) is 2.22. The molecule has 1 aliphatic heterocycles. The number of carbonyl (C=O) groups excluding carboxylic acids is 2. The van der Waals surface area contributed by atoms with Gasteiger partial charge in [0.15, 0.2) is 18.2 Å². The number of piperazine rings is 1. The molecule has 0 N–H and O–H groups in total. The molecule has 0 aromatic heterocycles. The highest BCUT2D eigenvalue weighted by Gasteiger charge is 2.23. The fraction of sp³-hybridized carbons (Fsp3) is 0.467. The molecule has 0 spiro atoms. The monoisotopic (exact) mass is 294 g/mol. The maximum absolute atomic E-state index is 13.4. The first-order chi connectivity index (χ1) is 10.1. The molecule has 1 fully saturated rings. The number of amides is 2. The number of rotatable bonds is 4. The third kappa shape index (κ3) is 3.93. The number of hydrogen-bond acceptors (Lipinski definition) is 3. The normalized spacial score (nSPS) is 15.0. The molecule has 1 saturated heterocycles. The Morgan fingerprint density at radius 3 is 2.24 bits per heavy atom. The van der Waals surface area contributed by atoms with Crippen LogP contribution in [0.25, 0.3) is 0 Å². The van der Waals surface area contributed by atoms with Crippen LogP contribution in [0.1, 0.15) is 13.3 Å². The lowest BCUT2D eigenvalue weighted by Crippen LogP contribution is -2.51. The lowest BCUT2D eigenvalue weighted by molar-refractivity contribution is -0.140. The first-order valence-corrected chi connectivity index (χ1v) is 7.04. The molecule has 1 aromatic rings. The predicted molar refractivity (Wildman–Crippen MR) is 75.3 cm³/mol. The van der Waals surface area contributed by atoms with Crippen molar-refractivity contribution in [3.8, 4) is 5.75 Å². The number of carbonyl (C=O) groups is 2. The predicted octanol–water partition coefficient (Wildman–Crippen LogP) is 1.29. The molecule has 0 bridgehead atoms. The van der Waals surface area contributed by atoms with Gasteiger partial charge in [-0.2, -0.15) is 0 Å². The van der Waals surface area contributed by atoms with Crippen LogP contribution >= 0.6 is 0 Å². The van der Waals surface area contributed by atoms with Gasteiger partial charge in [0, 0.05) is 32.6 Å². The van der Waals surface area contributed by atoms with E-state index in [0.717, 1.165) is 0 Å². The van der Waals surface area contributed by atoms with E-state index in [0.29, 0.717) is 32.6 Å². The smallest absolute Gasteiger partial charge is 0.260 e. The largest absolute Gasteiger partial charge is 0.481 e. The van der Waals surface area contributed by atoms with Crippen molar-refractivity contribution in [2.45, 2.75) is 13.3 Å². The summed E-state index contributed by atoms with van der Waals surface area (Å²) in [5.41, 5.74) is 0. The fourth-order valence-electron chi connectivity index (χ4n) is 2.22. The second-order valence-electron chi connectivity index (χ2n) is 4.83. The average Bonchev–Trinajstić information content (AvgIpc) is 2.53. The molecule has 114 valence electrons. The van der Waals surface area contributed by atoms with Crippen LogP contribution in [0.4, 0.5) is 4.39 Å². The summed E-state index contributed by atoms with van der Waals surface area (Å²) in [7, 11) is 0. The maximum Gasteiger partial charge on any atom is 0.260 e. The summed E-state index contributed by atoms with van der Waals surface area (Å²) in [6.07, 6.45) is 0.477. The highest BCUT2D eigenvalue weighted by Crippen LogP contribution is 2.15. The lowest BCUT2D eigenvalue weighted by Gasteiger charge is -2.34. The van der Waals surface area contributed by atoms with Crippen molar-refractivity contribution >= 4 is 11.8 Å². The quantitative estimate of drug-likeness (QED) is 0.840. The average molecular weight is 294 g/mol. The van der Waals surface area contributed by atoms with Gasteiger partial charge < -0.3 is 14.5 Å². The van der Waals surface area contributed by atoms with Crippen molar-refractivity contribution in [2.75, 3.05) is 32.8 Å². The Bertz CT molecular complexity index is 513. The van der Waals surface area contributed by atoms with E-state index in [1.165, 1.54) is 12.1 Å². The van der Waals surface area contributed by atoms with Gasteiger partial charge in [-0.3, -0.25) is 9.59 Å². The van der Waals surface area contributed by atoms with Crippen LogP contribution in [0.2, 0.25) is 0 Å². The van der Waals surface area contributed by atoms with Gasteiger partial charge in [-0.15, -0.1) is 0 Å². The number of ether oxygens (including phenoxy) is 1. The van der Waals surface area contributed by atoms with E-state index in [1.807, 2.05) is 6.92 Å². The summed E-state index contributed by atoms with van der Waals surface area (Å²) in [5.74, 6) is -0.499. The van der Waals surface area contributed by atoms with Crippen molar-refractivity contribution in [3.63, 3.8) is 0 Å². The van der Waals surface area contributed by atoms with Crippen molar-refractivity contribution in [1.82, 2.24) is 9.80 Å². The Hall–Kier alpha value is -2.11. The number of halogens is 1. The molecular weight excluding hydrogens is 275 g/mol. The summed E-state index contributed by atoms with van der Waals surface area (Å²) >= 11 is 0. The zero-order valence-corrected chi connectivity index (χ0v) is 12.0. The molecule has 1 aliphatic rings. The molecular formula is C15H19FN2O3. The molecule has 1 aromatic carbocycles. The molecule has 0 radical (unpaired) electrons. The van der Waals surface area contributed by atoms with Gasteiger partial charge in [0.2, 0.25) is 5.91 Å². The van der Waals surface area contributed by atoms with Gasteiger partial charge in [-0.25, -0.2) is 4.39 Å². The second kappa shape index (κ2) is 7.06. The van der Waals surface area contributed by atoms with Gasteiger partial charge in [0.1, 0.15) is 0 Å². The van der Waals surface area contributed by atoms with Crippen LogP contribution in [0.5, 0.6) is 5.75 Å². The minimum absolute atomic E-state index is 0.0747. The lowest BCUT2D eigenvalue weighted by atomic mass is 10.3. The Balaban J connectivity index is 1.80. The van der Waals surface area contributed by atoms with Crippen molar-refractivity contribution in [1.29, 1.82) is 0 Å². The summed E-state index contributed by atoms with van der Waals surface area (Å²) in [5, 5.41) is 0. The molecule has 5 nitrogen and oxygen atoms in total. The molecule has 1 heterocycles. The zero-order valence-electron chi connectivity index (χ0n) is 12.0. The summed E-state index contributed by atoms with van der Waals surface area (Å²) in [6.45, 7) is 3.69. The standard InChI is InChI=1S/C15H19FN2O3/c1-2-14(19)17-7-9-18(10-8-17)15(20)11-21-13-6-4-3-5-12(13)16/h3-6H,2,7-11H2,1H3. The molecule has 0 atom stereocenters. The molecule has 6 heteroatoms. The van der Waals surface area contributed by atoms with E-state index < -0.39 is 5.82 Å². The van der Waals surface area contributed by atoms with Gasteiger partial charge >= 0.3 is 0 Å². The van der Waals surface area contributed by atoms with Crippen molar-refractivity contribution in [2.24, 2.45) is 0 Å². The van der Waals surface area contributed by atoms with Crippen molar-refractivity contribution in [3.05, 3.63) is 30.1 Å². The Labute approximate surface area is 123 Å². The van der Waals surface area contributed by atoms with E-state index in [4.69, 9.17) is 4.74 Å². The van der Waals surface area contributed by atoms with Gasteiger partial charge in [0.05, 0.1) is 0 Å². The minimum Gasteiger partial charge on any atom is -0.481 e. The third-order valence-corrected chi connectivity index (χ3v) is 3.48. The number of hydrogen-bond donors (Lipinski definition) is 0. The Morgan fingerprint density at radius 2 is 1.67 bits per heavy atom. The summed E-state index contributed by atoms with van der Waals surface area (Å²) in [4.78, 5) is 26.9. The van der Waals surface area contributed by atoms with Crippen LogP contribution in [-0.2, 0) is 9.59 Å². The van der Waals surface area contributed by atoms with Gasteiger partial charge in [0.25, 0.3) is 5.91 Å². The first kappa shape index (κ1) is 15.3. The van der Waals surface area contributed by atoms with Crippen LogP contribution in [0, 0.1) is 5.82 Å². The van der Waals surface area contributed by atoms with Gasteiger partial charge in [-0.05, 0) is 12.1 Å². The van der Waals surface area contributed by atoms with E-state index in [-0.39, 0.29) is 24.2 Å². The summed E-state index contributed by atoms with van der Waals surface area (Å²) < 4.78 is 18.6. The van der Waals surface area contributed by atoms with Gasteiger partial charge in [-0.1, -0.05) is 19.1 Å². The molecule has 2 amide bonds. The van der Waals surface area contributed by atoms with Crippen molar-refractivity contribution < 1.29 is 18.7 Å². The summed E-state index contributed by atoms with van der Waals surface area (Å²) in [6, 6.07) is 5.99. The molecule has 21 heavy (non-hydrogen) atoms. The van der Waals surface area contributed by atoms with E-state index in [1.54, 1.807) is 21.9 Å². The zero-order chi connectivity index (χ0) is 15.2. The van der Waals surface area contributed by atoms with Crippen LogP contribution in [0.15, 0.2) is 24.3 Å². The highest BCUT2D eigenvalue weighted by molar-refractivity contribution is 5.79. The van der Waals surface area contributed by atoms with Crippen LogP contribution < -0.4 is 4.74 Å². The minimum atomic E-state index is -0.483. The Morgan fingerprint density at radius 1 is 1.10 bits per heavy atom. The SMILES string of the molecule is CCC(=O)N1CCN(C(=O)COc2ccccc2F)CC1. The molecule has 0 aliphatic carbocycles.